The van der Waals surface area contributed by atoms with E-state index >= 15 is 0 Å². The van der Waals surface area contributed by atoms with Crippen LogP contribution in [0.25, 0.3) is 0 Å². The summed E-state index contributed by atoms with van der Waals surface area (Å²) >= 11 is 11.6. The SMILES string of the molecule is C[C@]12CCC3c4ccc(OC(=O)N(CCCl)CCCl)cc4CCC3C1CC[C@@H]2OP(=O)([O-])[O-].[Na+].[Na+]. The van der Waals surface area contributed by atoms with Gasteiger partial charge in [0.2, 0.25) is 0 Å². The first-order chi connectivity index (χ1) is 15.7. The van der Waals surface area contributed by atoms with E-state index in [-0.39, 0.29) is 64.5 Å². The Hall–Kier alpha value is 1.18. The number of phosphoric ester groups is 1. The molecular formula is C23H30Cl2NNa2O6P. The number of aryl methyl sites for hydroxylation is 1. The van der Waals surface area contributed by atoms with Gasteiger partial charge in [-0.2, -0.15) is 0 Å². The summed E-state index contributed by atoms with van der Waals surface area (Å²) in [5.74, 6) is 2.28. The van der Waals surface area contributed by atoms with Gasteiger partial charge in [0.1, 0.15) is 5.75 Å². The van der Waals surface area contributed by atoms with Gasteiger partial charge < -0.3 is 28.5 Å². The number of carbonyl (C=O) groups is 1. The van der Waals surface area contributed by atoms with Gasteiger partial charge in [-0.1, -0.05) is 13.0 Å². The number of hydrogen-bond acceptors (Lipinski definition) is 6. The van der Waals surface area contributed by atoms with Crippen LogP contribution in [0, 0.1) is 17.3 Å². The van der Waals surface area contributed by atoms with Gasteiger partial charge >= 0.3 is 65.2 Å². The second-order valence-corrected chi connectivity index (χ2v) is 11.5. The monoisotopic (exact) mass is 563 g/mol. The molecule has 3 aliphatic carbocycles. The van der Waals surface area contributed by atoms with Crippen molar-refractivity contribution in [3.05, 3.63) is 29.3 Å². The standard InChI is InChI=1S/C23H32Cl2NO6P.2Na/c1-23-9-8-18-17-5-3-16(31-22(27)26(12-10-24)13-11-25)14-15(17)2-4-19(18)20(23)6-7-21(23)32-33(28,29)30;;/h3,5,14,18-21H,2,4,6-13H2,1H3,(H2,28,29,30);;/q;2*+1/p-2/t18?,19?,20?,21-,23-;;/m0../s1. The van der Waals surface area contributed by atoms with Crippen LogP contribution in [0.15, 0.2) is 18.2 Å². The van der Waals surface area contributed by atoms with Gasteiger partial charge in [-0.25, -0.2) is 4.79 Å². The van der Waals surface area contributed by atoms with Crippen LogP contribution in [-0.4, -0.2) is 41.9 Å². The van der Waals surface area contributed by atoms with Crippen LogP contribution in [0.2, 0.25) is 0 Å². The van der Waals surface area contributed by atoms with E-state index in [1.54, 1.807) is 0 Å². The van der Waals surface area contributed by atoms with Crippen molar-refractivity contribution >= 4 is 37.1 Å². The van der Waals surface area contributed by atoms with E-state index < -0.39 is 20.0 Å². The number of fused-ring (bicyclic) bond motifs is 5. The average Bonchev–Trinajstić information content (AvgIpc) is 3.08. The maximum Gasteiger partial charge on any atom is 1.00 e. The Morgan fingerprint density at radius 2 is 1.83 bits per heavy atom. The van der Waals surface area contributed by atoms with Crippen LogP contribution in [0.4, 0.5) is 4.79 Å². The molecule has 3 unspecified atom stereocenters. The third-order valence-corrected chi connectivity index (χ3v) is 8.89. The summed E-state index contributed by atoms with van der Waals surface area (Å²) in [5.41, 5.74) is 2.20. The molecule has 7 nitrogen and oxygen atoms in total. The second-order valence-electron chi connectivity index (χ2n) is 9.67. The fourth-order valence-corrected chi connectivity index (χ4v) is 7.63. The Balaban J connectivity index is 0.00000216. The molecule has 0 spiro atoms. The minimum atomic E-state index is -5.00. The van der Waals surface area contributed by atoms with Gasteiger partial charge in [0.15, 0.2) is 0 Å². The minimum absolute atomic E-state index is 0. The van der Waals surface area contributed by atoms with Gasteiger partial charge in [0.25, 0.3) is 0 Å². The van der Waals surface area contributed by atoms with Gasteiger partial charge in [0.05, 0.1) is 13.9 Å². The first-order valence-corrected chi connectivity index (χ1v) is 14.1. The minimum Gasteiger partial charge on any atom is -0.790 e. The summed E-state index contributed by atoms with van der Waals surface area (Å²) in [4.78, 5) is 36.5. The van der Waals surface area contributed by atoms with Crippen molar-refractivity contribution in [2.24, 2.45) is 17.3 Å². The van der Waals surface area contributed by atoms with E-state index in [9.17, 15) is 19.1 Å². The van der Waals surface area contributed by atoms with E-state index in [4.69, 9.17) is 32.5 Å². The fraction of sp³-hybridized carbons (Fsp3) is 0.696. The zero-order valence-corrected chi connectivity index (χ0v) is 27.1. The van der Waals surface area contributed by atoms with Crippen molar-refractivity contribution in [3.63, 3.8) is 0 Å². The normalized spacial score (nSPS) is 29.1. The molecule has 1 aromatic rings. The largest absolute Gasteiger partial charge is 1.00 e. The van der Waals surface area contributed by atoms with Crippen molar-refractivity contribution in [2.45, 2.75) is 57.5 Å². The average molecular weight is 564 g/mol. The predicted molar refractivity (Wildman–Crippen MR) is 123 cm³/mol. The smallest absolute Gasteiger partial charge is 0.790 e. The molecule has 12 heteroatoms. The number of alkyl halides is 2. The van der Waals surface area contributed by atoms with Gasteiger partial charge in [-0.05, 0) is 85.0 Å². The van der Waals surface area contributed by atoms with Crippen LogP contribution in [-0.2, 0) is 15.5 Å². The molecule has 184 valence electrons. The maximum absolute atomic E-state index is 12.5. The molecule has 1 amide bonds. The molecule has 0 radical (unpaired) electrons. The van der Waals surface area contributed by atoms with Crippen molar-refractivity contribution < 1.29 is 87.5 Å². The Kier molecular flexibility index (Phi) is 12.5. The quantitative estimate of drug-likeness (QED) is 0.217. The van der Waals surface area contributed by atoms with Crippen molar-refractivity contribution in [2.75, 3.05) is 24.8 Å². The first-order valence-electron chi connectivity index (χ1n) is 11.6. The number of carbonyl (C=O) groups excluding carboxylic acids is 1. The van der Waals surface area contributed by atoms with Crippen molar-refractivity contribution in [1.82, 2.24) is 4.90 Å². The number of nitrogens with zero attached hydrogens (tertiary/aromatic N) is 1. The molecule has 0 heterocycles. The summed E-state index contributed by atoms with van der Waals surface area (Å²) in [7, 11) is -5.00. The van der Waals surface area contributed by atoms with Gasteiger partial charge in [-0.3, -0.25) is 0 Å². The summed E-state index contributed by atoms with van der Waals surface area (Å²) in [6.07, 6.45) is 4.12. The third-order valence-electron chi connectivity index (χ3n) is 8.04. The number of hydrogen-bond donors (Lipinski definition) is 0. The number of amides is 1. The second kappa shape index (κ2) is 13.5. The van der Waals surface area contributed by atoms with Gasteiger partial charge in [0, 0.05) is 24.8 Å². The van der Waals surface area contributed by atoms with Crippen LogP contribution in [0.1, 0.15) is 56.1 Å². The van der Waals surface area contributed by atoms with Crippen LogP contribution in [0.3, 0.4) is 0 Å². The Bertz CT molecular complexity index is 931. The Morgan fingerprint density at radius 1 is 1.14 bits per heavy atom. The van der Waals surface area contributed by atoms with E-state index in [1.807, 2.05) is 12.1 Å². The summed E-state index contributed by atoms with van der Waals surface area (Å²) < 4.78 is 21.9. The molecule has 0 N–H and O–H groups in total. The zero-order valence-electron chi connectivity index (χ0n) is 20.7. The molecule has 0 bridgehead atoms. The summed E-state index contributed by atoms with van der Waals surface area (Å²) in [5, 5.41) is 0. The number of phosphoric acid groups is 1. The molecule has 2 saturated carbocycles. The summed E-state index contributed by atoms with van der Waals surface area (Å²) in [6, 6.07) is 5.87. The fourth-order valence-electron chi connectivity index (χ4n) is 6.57. The Morgan fingerprint density at radius 3 is 2.46 bits per heavy atom. The van der Waals surface area contributed by atoms with Crippen LogP contribution in [0.5, 0.6) is 5.75 Å². The Labute approximate surface area is 261 Å². The van der Waals surface area contributed by atoms with E-state index in [0.717, 1.165) is 32.1 Å². The first kappa shape index (κ1) is 32.4. The molecule has 35 heavy (non-hydrogen) atoms. The molecule has 3 aliphatic rings. The number of halogens is 2. The summed E-state index contributed by atoms with van der Waals surface area (Å²) in [6.45, 7) is 2.84. The van der Waals surface area contributed by atoms with Crippen molar-refractivity contribution in [3.8, 4) is 5.75 Å². The number of benzene rings is 1. The molecule has 2 fully saturated rings. The van der Waals surface area contributed by atoms with Crippen molar-refractivity contribution in [1.29, 1.82) is 0 Å². The molecule has 0 saturated heterocycles. The molecular weight excluding hydrogens is 534 g/mol. The topological polar surface area (TPSA) is 102 Å². The zero-order chi connectivity index (χ0) is 23.8. The third kappa shape index (κ3) is 7.23. The molecule has 5 atom stereocenters. The van der Waals surface area contributed by atoms with Gasteiger partial charge in [-0.15, -0.1) is 23.2 Å². The number of rotatable bonds is 7. The molecule has 0 aliphatic heterocycles. The van der Waals surface area contributed by atoms with E-state index in [0.29, 0.717) is 54.8 Å². The van der Waals surface area contributed by atoms with E-state index in [1.165, 1.54) is 16.0 Å². The molecule has 1 aromatic carbocycles. The molecule has 4 rings (SSSR count). The maximum atomic E-state index is 12.5. The molecule has 0 aromatic heterocycles. The van der Waals surface area contributed by atoms with Crippen LogP contribution >= 0.6 is 31.0 Å². The van der Waals surface area contributed by atoms with E-state index in [2.05, 4.69) is 13.0 Å². The van der Waals surface area contributed by atoms with Crippen LogP contribution < -0.4 is 73.6 Å². The predicted octanol–water partition coefficient (Wildman–Crippen LogP) is -1.96. The number of ether oxygens (including phenoxy) is 1.